The molecule has 7 heteroatoms. The number of nitrogens with zero attached hydrogens (tertiary/aromatic N) is 5. The van der Waals surface area contributed by atoms with Gasteiger partial charge in [-0.15, -0.1) is 0 Å². The van der Waals surface area contributed by atoms with Crippen LogP contribution in [0.25, 0.3) is 16.8 Å². The van der Waals surface area contributed by atoms with Gasteiger partial charge in [-0.3, -0.25) is 0 Å². The zero-order chi connectivity index (χ0) is 23.8. The Morgan fingerprint density at radius 3 is 2.92 bits per heavy atom. The number of hydrogen-bond donors (Lipinski definition) is 1. The van der Waals surface area contributed by atoms with Crippen molar-refractivity contribution in [3.8, 4) is 17.0 Å². The summed E-state index contributed by atoms with van der Waals surface area (Å²) >= 11 is 0. The van der Waals surface area contributed by atoms with Crippen LogP contribution in [0.2, 0.25) is 0 Å². The van der Waals surface area contributed by atoms with E-state index in [4.69, 9.17) is 15.7 Å². The van der Waals surface area contributed by atoms with Crippen molar-refractivity contribution in [2.24, 2.45) is 0 Å². The van der Waals surface area contributed by atoms with E-state index in [1.807, 2.05) is 5.32 Å². The van der Waals surface area contributed by atoms with Crippen LogP contribution in [-0.2, 0) is 0 Å². The molecular formula is C18H20N6O. The van der Waals surface area contributed by atoms with Gasteiger partial charge < -0.3 is 15.0 Å². The first-order valence-electron chi connectivity index (χ1n) is 11.9. The Kier molecular flexibility index (Phi) is 2.07. The standard InChI is InChI=1S/C18H20N6O/c1-2-14(18(20-6-1)25-13-3-4-13)15-12-21-24-9-5-16(22-17(15)24)23-10-7-19-8-11-23/h1-2,5-6,9,12-13,19H,3-4,7-8,10-11H2/i7D2,8D2,10D2,11D2. The van der Waals surface area contributed by atoms with Crippen molar-refractivity contribution in [3.05, 3.63) is 36.8 Å². The highest BCUT2D eigenvalue weighted by atomic mass is 16.5. The first-order valence-corrected chi connectivity index (χ1v) is 7.91. The molecule has 0 aromatic carbocycles. The molecule has 4 heterocycles. The molecular weight excluding hydrogens is 316 g/mol. The van der Waals surface area contributed by atoms with E-state index >= 15 is 0 Å². The Hall–Kier alpha value is -2.67. The minimum Gasteiger partial charge on any atom is -0.474 e. The molecule has 1 aliphatic carbocycles. The largest absolute Gasteiger partial charge is 0.474 e. The minimum atomic E-state index is -2.98. The highest BCUT2D eigenvalue weighted by Gasteiger charge is 2.26. The summed E-state index contributed by atoms with van der Waals surface area (Å²) in [5, 5.41) is 6.07. The lowest BCUT2D eigenvalue weighted by molar-refractivity contribution is 0.292. The smallest absolute Gasteiger partial charge is 0.221 e. The molecule has 0 bridgehead atoms. The lowest BCUT2D eigenvalue weighted by Gasteiger charge is -2.28. The van der Waals surface area contributed by atoms with Gasteiger partial charge in [0.2, 0.25) is 5.88 Å². The number of hydrogen-bond acceptors (Lipinski definition) is 6. The third-order valence-electron chi connectivity index (χ3n) is 3.91. The molecule has 2 aliphatic rings. The summed E-state index contributed by atoms with van der Waals surface area (Å²) in [6, 6.07) is 4.76. The van der Waals surface area contributed by atoms with Crippen LogP contribution in [0.15, 0.2) is 36.8 Å². The molecule has 1 aliphatic heterocycles. The van der Waals surface area contributed by atoms with E-state index in [-0.39, 0.29) is 17.6 Å². The molecule has 1 N–H and O–H groups in total. The molecule has 0 atom stereocenters. The van der Waals surface area contributed by atoms with Gasteiger partial charge in [0, 0.05) is 49.4 Å². The zero-order valence-corrected chi connectivity index (χ0v) is 13.1. The number of anilines is 1. The highest BCUT2D eigenvalue weighted by Crippen LogP contribution is 2.34. The monoisotopic (exact) mass is 344 g/mol. The quantitative estimate of drug-likeness (QED) is 0.778. The number of pyridine rings is 1. The van der Waals surface area contributed by atoms with Crippen LogP contribution in [0.5, 0.6) is 5.88 Å². The number of nitrogens with one attached hydrogen (secondary N) is 1. The van der Waals surface area contributed by atoms with Gasteiger partial charge in [0.15, 0.2) is 5.65 Å². The molecule has 0 amide bonds. The van der Waals surface area contributed by atoms with Crippen LogP contribution in [0.1, 0.15) is 23.8 Å². The summed E-state index contributed by atoms with van der Waals surface area (Å²) in [5.74, 6) is 0.102. The number of fused-ring (bicyclic) bond motifs is 1. The van der Waals surface area contributed by atoms with Crippen molar-refractivity contribution in [3.63, 3.8) is 0 Å². The Labute approximate surface area is 156 Å². The normalized spacial score (nSPS) is 30.6. The van der Waals surface area contributed by atoms with Crippen molar-refractivity contribution in [1.29, 1.82) is 0 Å². The van der Waals surface area contributed by atoms with E-state index in [1.165, 1.54) is 23.0 Å². The van der Waals surface area contributed by atoms with Gasteiger partial charge in [-0.05, 0) is 31.0 Å². The maximum Gasteiger partial charge on any atom is 0.221 e. The van der Waals surface area contributed by atoms with Gasteiger partial charge in [0.05, 0.1) is 17.2 Å². The molecule has 1 saturated heterocycles. The highest BCUT2D eigenvalue weighted by molar-refractivity contribution is 5.80. The summed E-state index contributed by atoms with van der Waals surface area (Å²) in [6.07, 6.45) is 6.52. The van der Waals surface area contributed by atoms with Crippen LogP contribution in [0.3, 0.4) is 0 Å². The van der Waals surface area contributed by atoms with Gasteiger partial charge in [-0.2, -0.15) is 5.10 Å². The van der Waals surface area contributed by atoms with Crippen molar-refractivity contribution in [2.75, 3.05) is 30.9 Å². The summed E-state index contributed by atoms with van der Waals surface area (Å²) < 4.78 is 72.6. The first-order chi connectivity index (χ1) is 15.4. The van der Waals surface area contributed by atoms with Crippen LogP contribution < -0.4 is 15.0 Å². The molecule has 5 rings (SSSR count). The van der Waals surface area contributed by atoms with Gasteiger partial charge in [-0.25, -0.2) is 14.5 Å². The fraction of sp³-hybridized carbons (Fsp3) is 0.389. The number of rotatable bonds is 4. The molecule has 128 valence electrons. The zero-order valence-electron chi connectivity index (χ0n) is 21.1. The Morgan fingerprint density at radius 1 is 1.20 bits per heavy atom. The fourth-order valence-corrected chi connectivity index (χ4v) is 2.55. The molecule has 0 unspecified atom stereocenters. The van der Waals surface area contributed by atoms with E-state index < -0.39 is 26.0 Å². The maximum atomic E-state index is 8.32. The first kappa shape index (κ1) is 8.62. The molecule has 0 spiro atoms. The van der Waals surface area contributed by atoms with E-state index in [1.54, 1.807) is 18.3 Å². The molecule has 2 fully saturated rings. The summed E-state index contributed by atoms with van der Waals surface area (Å²) in [6.45, 7) is -11.8. The predicted octanol–water partition coefficient (Wildman–Crippen LogP) is 1.74. The van der Waals surface area contributed by atoms with Crippen LogP contribution in [0.4, 0.5) is 5.82 Å². The predicted molar refractivity (Wildman–Crippen MR) is 95.0 cm³/mol. The van der Waals surface area contributed by atoms with Crippen LogP contribution >= 0.6 is 0 Å². The second kappa shape index (κ2) is 6.00. The average Bonchev–Trinajstić information content (AvgIpc) is 3.43. The Balaban J connectivity index is 1.66. The Bertz CT molecular complexity index is 1200. The lowest BCUT2D eigenvalue weighted by atomic mass is 10.1. The van der Waals surface area contributed by atoms with Crippen molar-refractivity contribution < 1.29 is 15.7 Å². The second-order valence-corrected chi connectivity index (χ2v) is 5.72. The summed E-state index contributed by atoms with van der Waals surface area (Å²) in [4.78, 5) is 9.09. The molecule has 1 saturated carbocycles. The van der Waals surface area contributed by atoms with E-state index in [2.05, 4.69) is 15.1 Å². The topological polar surface area (TPSA) is 67.6 Å². The van der Waals surface area contributed by atoms with E-state index in [0.717, 1.165) is 12.8 Å². The van der Waals surface area contributed by atoms with E-state index in [0.29, 0.717) is 21.9 Å². The van der Waals surface area contributed by atoms with Gasteiger partial charge in [-0.1, -0.05) is 0 Å². The van der Waals surface area contributed by atoms with E-state index in [9.17, 15) is 0 Å². The molecule has 0 radical (unpaired) electrons. The molecule has 3 aromatic heterocycles. The summed E-state index contributed by atoms with van der Waals surface area (Å²) in [7, 11) is 0. The van der Waals surface area contributed by atoms with Crippen molar-refractivity contribution in [2.45, 2.75) is 18.9 Å². The average molecular weight is 344 g/mol. The van der Waals surface area contributed by atoms with Gasteiger partial charge >= 0.3 is 0 Å². The van der Waals surface area contributed by atoms with Crippen molar-refractivity contribution >= 4 is 11.5 Å². The number of piperazine rings is 1. The third-order valence-corrected chi connectivity index (χ3v) is 3.91. The van der Waals surface area contributed by atoms with Crippen molar-refractivity contribution in [1.82, 2.24) is 24.9 Å². The minimum absolute atomic E-state index is 0.0915. The molecule has 3 aromatic rings. The van der Waals surface area contributed by atoms with Crippen LogP contribution in [0, 0.1) is 0 Å². The van der Waals surface area contributed by atoms with Gasteiger partial charge in [0.1, 0.15) is 11.9 Å². The van der Waals surface area contributed by atoms with Crippen LogP contribution in [-0.4, -0.2) is 51.7 Å². The fourth-order valence-electron chi connectivity index (χ4n) is 2.55. The number of aromatic nitrogens is 4. The SMILES string of the molecule is [2H]C1([2H])NC([2H])([2H])C([2H])([2H])N(c2ccn3ncc(-c4cccnc4OC4CC4)c3n2)C1([2H])[2H]. The Morgan fingerprint density at radius 2 is 2.08 bits per heavy atom. The third kappa shape index (κ3) is 2.80. The molecule has 25 heavy (non-hydrogen) atoms. The second-order valence-electron chi connectivity index (χ2n) is 5.72. The molecule has 7 nitrogen and oxygen atoms in total. The number of ether oxygens (including phenoxy) is 1. The maximum absolute atomic E-state index is 8.32. The lowest BCUT2D eigenvalue weighted by Crippen LogP contribution is -2.43. The van der Waals surface area contributed by atoms with Gasteiger partial charge in [0.25, 0.3) is 0 Å². The summed E-state index contributed by atoms with van der Waals surface area (Å²) in [5.41, 5.74) is 1.33.